The minimum absolute atomic E-state index is 0.503. The molecule has 1 fully saturated rings. The SMILES string of the molecule is Cc1cc(C2CCN(C(=O)O)CC2)ccc1CBr. The van der Waals surface area contributed by atoms with Crippen LogP contribution in [0.5, 0.6) is 0 Å². The van der Waals surface area contributed by atoms with Crippen LogP contribution in [0, 0.1) is 6.92 Å². The van der Waals surface area contributed by atoms with E-state index >= 15 is 0 Å². The Morgan fingerprint density at radius 2 is 2.11 bits per heavy atom. The summed E-state index contributed by atoms with van der Waals surface area (Å²) in [6, 6.07) is 6.60. The second kappa shape index (κ2) is 5.74. The molecule has 1 amide bonds. The lowest BCUT2D eigenvalue weighted by Crippen LogP contribution is -2.36. The average molecular weight is 312 g/mol. The molecule has 2 rings (SSSR count). The molecule has 0 aromatic heterocycles. The first-order chi connectivity index (χ1) is 8.61. The molecule has 18 heavy (non-hydrogen) atoms. The van der Waals surface area contributed by atoms with Crippen molar-refractivity contribution >= 4 is 22.0 Å². The highest BCUT2D eigenvalue weighted by Gasteiger charge is 2.23. The summed E-state index contributed by atoms with van der Waals surface area (Å²) in [4.78, 5) is 12.4. The van der Waals surface area contributed by atoms with Crippen LogP contribution < -0.4 is 0 Å². The highest BCUT2D eigenvalue weighted by molar-refractivity contribution is 9.08. The van der Waals surface area contributed by atoms with E-state index in [4.69, 9.17) is 5.11 Å². The molecular formula is C14H18BrNO2. The summed E-state index contributed by atoms with van der Waals surface area (Å²) in [5, 5.41) is 9.81. The van der Waals surface area contributed by atoms with Crippen molar-refractivity contribution in [1.82, 2.24) is 4.90 Å². The van der Waals surface area contributed by atoms with Crippen molar-refractivity contribution in [2.24, 2.45) is 0 Å². The van der Waals surface area contributed by atoms with Gasteiger partial charge in [-0.1, -0.05) is 34.1 Å². The van der Waals surface area contributed by atoms with Gasteiger partial charge in [0, 0.05) is 18.4 Å². The molecule has 1 heterocycles. The zero-order valence-electron chi connectivity index (χ0n) is 10.5. The number of halogens is 1. The Morgan fingerprint density at radius 1 is 1.44 bits per heavy atom. The van der Waals surface area contributed by atoms with Crippen LogP contribution in [0.3, 0.4) is 0 Å². The summed E-state index contributed by atoms with van der Waals surface area (Å²) in [6.45, 7) is 3.44. The molecule has 0 saturated carbocycles. The Morgan fingerprint density at radius 3 is 2.61 bits per heavy atom. The van der Waals surface area contributed by atoms with Crippen molar-refractivity contribution in [2.75, 3.05) is 13.1 Å². The maximum Gasteiger partial charge on any atom is 0.407 e. The van der Waals surface area contributed by atoms with Crippen molar-refractivity contribution in [1.29, 1.82) is 0 Å². The molecular weight excluding hydrogens is 294 g/mol. The van der Waals surface area contributed by atoms with E-state index in [1.165, 1.54) is 21.6 Å². The van der Waals surface area contributed by atoms with Gasteiger partial charge in [-0.05, 0) is 42.4 Å². The molecule has 1 N–H and O–H groups in total. The van der Waals surface area contributed by atoms with E-state index in [9.17, 15) is 4.79 Å². The van der Waals surface area contributed by atoms with E-state index in [1.54, 1.807) is 0 Å². The molecule has 0 spiro atoms. The van der Waals surface area contributed by atoms with Gasteiger partial charge in [0.25, 0.3) is 0 Å². The number of likely N-dealkylation sites (tertiary alicyclic amines) is 1. The van der Waals surface area contributed by atoms with Gasteiger partial charge in [-0.2, -0.15) is 0 Å². The standard InChI is InChI=1S/C14H18BrNO2/c1-10-8-12(2-3-13(10)9-15)11-4-6-16(7-5-11)14(17)18/h2-3,8,11H,4-7,9H2,1H3,(H,17,18). The second-order valence-electron chi connectivity index (χ2n) is 4.86. The first-order valence-electron chi connectivity index (χ1n) is 6.25. The lowest BCUT2D eigenvalue weighted by Gasteiger charge is -2.30. The van der Waals surface area contributed by atoms with Gasteiger partial charge in [0.1, 0.15) is 0 Å². The Hall–Kier alpha value is -1.03. The number of carboxylic acid groups (broad SMARTS) is 1. The third-order valence-corrected chi connectivity index (χ3v) is 4.35. The highest BCUT2D eigenvalue weighted by atomic mass is 79.9. The summed E-state index contributed by atoms with van der Waals surface area (Å²) < 4.78 is 0. The number of aryl methyl sites for hydroxylation is 1. The van der Waals surface area contributed by atoms with Crippen molar-refractivity contribution in [3.05, 3.63) is 34.9 Å². The van der Waals surface area contributed by atoms with Crippen molar-refractivity contribution in [2.45, 2.75) is 31.0 Å². The van der Waals surface area contributed by atoms with Crippen molar-refractivity contribution in [3.8, 4) is 0 Å². The Labute approximate surface area is 116 Å². The third-order valence-electron chi connectivity index (χ3n) is 3.75. The molecule has 0 atom stereocenters. The fourth-order valence-electron chi connectivity index (χ4n) is 2.53. The molecule has 98 valence electrons. The molecule has 3 nitrogen and oxygen atoms in total. The first kappa shape index (κ1) is 13.4. The number of hydrogen-bond donors (Lipinski definition) is 1. The number of carbonyl (C=O) groups is 1. The second-order valence-corrected chi connectivity index (χ2v) is 5.42. The maximum absolute atomic E-state index is 10.9. The number of piperidine rings is 1. The van der Waals surface area contributed by atoms with Gasteiger partial charge in [-0.15, -0.1) is 0 Å². The van der Waals surface area contributed by atoms with Crippen LogP contribution in [0.15, 0.2) is 18.2 Å². The van der Waals surface area contributed by atoms with E-state index in [-0.39, 0.29) is 0 Å². The minimum Gasteiger partial charge on any atom is -0.465 e. The van der Waals surface area contributed by atoms with Crippen LogP contribution in [0.2, 0.25) is 0 Å². The van der Waals surface area contributed by atoms with Crippen LogP contribution in [-0.4, -0.2) is 29.2 Å². The van der Waals surface area contributed by atoms with Gasteiger partial charge < -0.3 is 10.0 Å². The Bertz CT molecular complexity index is 439. The van der Waals surface area contributed by atoms with E-state index in [0.717, 1.165) is 18.2 Å². The van der Waals surface area contributed by atoms with Gasteiger partial charge in [0.2, 0.25) is 0 Å². The van der Waals surface area contributed by atoms with Gasteiger partial charge in [0.05, 0.1) is 0 Å². The maximum atomic E-state index is 10.9. The number of alkyl halides is 1. The smallest absolute Gasteiger partial charge is 0.407 e. The zero-order chi connectivity index (χ0) is 13.1. The minimum atomic E-state index is -0.792. The van der Waals surface area contributed by atoms with Gasteiger partial charge in [0.15, 0.2) is 0 Å². The van der Waals surface area contributed by atoms with Crippen LogP contribution in [0.4, 0.5) is 4.79 Å². The number of benzene rings is 1. The fraction of sp³-hybridized carbons (Fsp3) is 0.500. The predicted octanol–water partition coefficient (Wildman–Crippen LogP) is 3.75. The molecule has 0 radical (unpaired) electrons. The van der Waals surface area contributed by atoms with E-state index in [2.05, 4.69) is 41.1 Å². The molecule has 1 aliphatic rings. The van der Waals surface area contributed by atoms with Crippen LogP contribution in [0.1, 0.15) is 35.4 Å². The number of nitrogens with zero attached hydrogens (tertiary/aromatic N) is 1. The third kappa shape index (κ3) is 2.86. The molecule has 0 aliphatic carbocycles. The molecule has 4 heteroatoms. The summed E-state index contributed by atoms with van der Waals surface area (Å²) in [5.74, 6) is 0.503. The topological polar surface area (TPSA) is 40.5 Å². The van der Waals surface area contributed by atoms with E-state index < -0.39 is 6.09 Å². The summed E-state index contributed by atoms with van der Waals surface area (Å²) in [7, 11) is 0. The lowest BCUT2D eigenvalue weighted by molar-refractivity contribution is 0.132. The number of hydrogen-bond acceptors (Lipinski definition) is 1. The number of amides is 1. The molecule has 1 saturated heterocycles. The van der Waals surface area contributed by atoms with Crippen LogP contribution in [-0.2, 0) is 5.33 Å². The zero-order valence-corrected chi connectivity index (χ0v) is 12.1. The monoisotopic (exact) mass is 311 g/mol. The molecule has 1 aromatic carbocycles. The first-order valence-corrected chi connectivity index (χ1v) is 7.37. The normalized spacial score (nSPS) is 16.9. The average Bonchev–Trinajstić information content (AvgIpc) is 2.38. The van der Waals surface area contributed by atoms with Crippen molar-refractivity contribution in [3.63, 3.8) is 0 Å². The van der Waals surface area contributed by atoms with Crippen molar-refractivity contribution < 1.29 is 9.90 Å². The Balaban J connectivity index is 2.05. The van der Waals surface area contributed by atoms with Gasteiger partial charge in [-0.3, -0.25) is 0 Å². The van der Waals surface area contributed by atoms with Gasteiger partial charge in [-0.25, -0.2) is 4.79 Å². The quantitative estimate of drug-likeness (QED) is 0.845. The Kier molecular flexibility index (Phi) is 4.27. The summed E-state index contributed by atoms with van der Waals surface area (Å²) in [6.07, 6.45) is 1.07. The largest absolute Gasteiger partial charge is 0.465 e. The number of rotatable bonds is 2. The highest BCUT2D eigenvalue weighted by Crippen LogP contribution is 2.29. The van der Waals surface area contributed by atoms with Crippen LogP contribution >= 0.6 is 15.9 Å². The lowest BCUT2D eigenvalue weighted by atomic mass is 9.88. The summed E-state index contributed by atoms with van der Waals surface area (Å²) >= 11 is 3.48. The molecule has 1 aliphatic heterocycles. The molecule has 0 unspecified atom stereocenters. The van der Waals surface area contributed by atoms with E-state index in [0.29, 0.717) is 19.0 Å². The van der Waals surface area contributed by atoms with E-state index in [1.807, 2.05) is 0 Å². The van der Waals surface area contributed by atoms with Gasteiger partial charge >= 0.3 is 6.09 Å². The molecule has 1 aromatic rings. The fourth-order valence-corrected chi connectivity index (χ4v) is 3.16. The van der Waals surface area contributed by atoms with Crippen LogP contribution in [0.25, 0.3) is 0 Å². The summed E-state index contributed by atoms with van der Waals surface area (Å²) in [5.41, 5.74) is 3.98. The molecule has 0 bridgehead atoms. The predicted molar refractivity (Wildman–Crippen MR) is 75.4 cm³/mol.